The summed E-state index contributed by atoms with van der Waals surface area (Å²) in [5, 5.41) is 0.879. The standard InChI is InChI=1S/C22H30FN5O2Si/c1-31(2,3)11-10-30-15-28-20(17-5-4-16(24)12-19(17)23)13-18-21(25-14-26-22(18)28)27-6-8-29-9-7-27/h4-5,12-14H,6-11,15,24H2,1-3H3. The molecule has 1 aliphatic rings. The molecule has 7 nitrogen and oxygen atoms in total. The highest BCUT2D eigenvalue weighted by Crippen LogP contribution is 2.34. The van der Waals surface area contributed by atoms with Crippen LogP contribution in [0.3, 0.4) is 0 Å². The third kappa shape index (κ3) is 4.89. The van der Waals surface area contributed by atoms with Crippen LogP contribution in [0.2, 0.25) is 25.7 Å². The fourth-order valence-electron chi connectivity index (χ4n) is 3.70. The summed E-state index contributed by atoms with van der Waals surface area (Å²) >= 11 is 0. The first kappa shape index (κ1) is 21.7. The van der Waals surface area contributed by atoms with Crippen molar-refractivity contribution in [2.75, 3.05) is 43.5 Å². The van der Waals surface area contributed by atoms with Crippen molar-refractivity contribution in [3.63, 3.8) is 0 Å². The van der Waals surface area contributed by atoms with Crippen LogP contribution in [0.1, 0.15) is 0 Å². The van der Waals surface area contributed by atoms with Gasteiger partial charge in [-0.25, -0.2) is 14.4 Å². The van der Waals surface area contributed by atoms with Gasteiger partial charge >= 0.3 is 0 Å². The molecule has 31 heavy (non-hydrogen) atoms. The highest BCUT2D eigenvalue weighted by molar-refractivity contribution is 6.76. The van der Waals surface area contributed by atoms with Gasteiger partial charge in [-0.05, 0) is 30.3 Å². The predicted octanol–water partition coefficient (Wildman–Crippen LogP) is 3.97. The van der Waals surface area contributed by atoms with Crippen LogP contribution in [0.15, 0.2) is 30.6 Å². The Hall–Kier alpha value is -2.49. The van der Waals surface area contributed by atoms with Gasteiger partial charge in [-0.15, -0.1) is 0 Å². The molecule has 0 saturated carbocycles. The van der Waals surface area contributed by atoms with Crippen molar-refractivity contribution < 1.29 is 13.9 Å². The summed E-state index contributed by atoms with van der Waals surface area (Å²) in [6.07, 6.45) is 1.56. The molecule has 9 heteroatoms. The zero-order valence-electron chi connectivity index (χ0n) is 18.4. The topological polar surface area (TPSA) is 78.4 Å². The van der Waals surface area contributed by atoms with Gasteiger partial charge in [0.1, 0.15) is 30.3 Å². The van der Waals surface area contributed by atoms with Gasteiger partial charge in [0.05, 0.1) is 24.3 Å². The van der Waals surface area contributed by atoms with Gasteiger partial charge in [0.15, 0.2) is 0 Å². The van der Waals surface area contributed by atoms with E-state index >= 15 is 0 Å². The van der Waals surface area contributed by atoms with E-state index in [0.717, 1.165) is 36.0 Å². The van der Waals surface area contributed by atoms with Gasteiger partial charge in [-0.1, -0.05) is 19.6 Å². The fraction of sp³-hybridized carbons (Fsp3) is 0.455. The van der Waals surface area contributed by atoms with Crippen molar-refractivity contribution in [2.24, 2.45) is 0 Å². The number of hydrogen-bond acceptors (Lipinski definition) is 6. The molecule has 0 radical (unpaired) electrons. The molecule has 0 bridgehead atoms. The van der Waals surface area contributed by atoms with Crippen LogP contribution in [0.25, 0.3) is 22.3 Å². The number of fused-ring (bicyclic) bond motifs is 1. The minimum Gasteiger partial charge on any atom is -0.399 e. The van der Waals surface area contributed by atoms with Crippen molar-refractivity contribution in [1.82, 2.24) is 14.5 Å². The van der Waals surface area contributed by atoms with Gasteiger partial charge in [0.2, 0.25) is 0 Å². The molecular weight excluding hydrogens is 413 g/mol. The highest BCUT2D eigenvalue weighted by Gasteiger charge is 2.22. The number of nitrogens with zero attached hydrogens (tertiary/aromatic N) is 4. The minimum atomic E-state index is -1.21. The van der Waals surface area contributed by atoms with Gasteiger partial charge in [-0.2, -0.15) is 0 Å². The van der Waals surface area contributed by atoms with Crippen molar-refractivity contribution in [2.45, 2.75) is 32.4 Å². The number of aromatic nitrogens is 3. The fourth-order valence-corrected chi connectivity index (χ4v) is 4.46. The maximum Gasteiger partial charge on any atom is 0.147 e. The van der Waals surface area contributed by atoms with Crippen LogP contribution in [-0.4, -0.2) is 55.5 Å². The average molecular weight is 444 g/mol. The molecule has 1 aliphatic heterocycles. The summed E-state index contributed by atoms with van der Waals surface area (Å²) in [4.78, 5) is 11.3. The Labute approximate surface area is 183 Å². The van der Waals surface area contributed by atoms with Crippen molar-refractivity contribution in [1.29, 1.82) is 0 Å². The molecule has 166 valence electrons. The smallest absolute Gasteiger partial charge is 0.147 e. The van der Waals surface area contributed by atoms with E-state index in [1.807, 2.05) is 10.6 Å². The molecule has 4 rings (SSSR count). The molecular formula is C22H30FN5O2Si. The Morgan fingerprint density at radius 2 is 1.94 bits per heavy atom. The number of nitrogens with two attached hydrogens (primary N) is 1. The SMILES string of the molecule is C[Si](C)(C)CCOCn1c(-c2ccc(N)cc2F)cc2c(N3CCOCC3)ncnc21. The average Bonchev–Trinajstić information content (AvgIpc) is 3.09. The number of benzene rings is 1. The normalized spacial score (nSPS) is 15.0. The first-order valence-corrected chi connectivity index (χ1v) is 14.3. The van der Waals surface area contributed by atoms with Gasteiger partial charge < -0.3 is 24.7 Å². The van der Waals surface area contributed by atoms with Crippen LogP contribution in [-0.2, 0) is 16.2 Å². The maximum atomic E-state index is 14.9. The Kier molecular flexibility index (Phi) is 6.26. The number of anilines is 2. The third-order valence-electron chi connectivity index (χ3n) is 5.47. The molecule has 2 N–H and O–H groups in total. The number of halogens is 1. The molecule has 0 aliphatic carbocycles. The van der Waals surface area contributed by atoms with Crippen molar-refractivity contribution in [3.05, 3.63) is 36.4 Å². The lowest BCUT2D eigenvalue weighted by Crippen LogP contribution is -2.36. The van der Waals surface area contributed by atoms with Crippen LogP contribution < -0.4 is 10.6 Å². The molecule has 1 saturated heterocycles. The first-order valence-electron chi connectivity index (χ1n) is 10.6. The highest BCUT2D eigenvalue weighted by atomic mass is 28.3. The molecule has 2 aromatic heterocycles. The maximum absolute atomic E-state index is 14.9. The lowest BCUT2D eigenvalue weighted by atomic mass is 10.1. The van der Waals surface area contributed by atoms with E-state index in [4.69, 9.17) is 15.2 Å². The van der Waals surface area contributed by atoms with Gasteiger partial charge in [-0.3, -0.25) is 0 Å². The van der Waals surface area contributed by atoms with E-state index in [2.05, 4.69) is 34.5 Å². The van der Waals surface area contributed by atoms with E-state index in [1.165, 1.54) is 6.07 Å². The minimum absolute atomic E-state index is 0.298. The van der Waals surface area contributed by atoms with Crippen LogP contribution in [0.5, 0.6) is 0 Å². The summed E-state index contributed by atoms with van der Waals surface area (Å²) < 4.78 is 28.3. The summed E-state index contributed by atoms with van der Waals surface area (Å²) in [5.74, 6) is 0.471. The Morgan fingerprint density at radius 3 is 2.65 bits per heavy atom. The van der Waals surface area contributed by atoms with Crippen LogP contribution in [0.4, 0.5) is 15.9 Å². The number of morpholine rings is 1. The molecule has 1 aromatic carbocycles. The second kappa shape index (κ2) is 8.94. The molecule has 0 unspecified atom stereocenters. The molecule has 3 heterocycles. The van der Waals surface area contributed by atoms with E-state index in [1.54, 1.807) is 18.5 Å². The first-order chi connectivity index (χ1) is 14.8. The molecule has 0 amide bonds. The molecule has 0 spiro atoms. The number of rotatable bonds is 7. The quantitative estimate of drug-likeness (QED) is 0.338. The lowest BCUT2D eigenvalue weighted by molar-refractivity contribution is 0.0908. The number of hydrogen-bond donors (Lipinski definition) is 1. The Balaban J connectivity index is 1.76. The van der Waals surface area contributed by atoms with Gasteiger partial charge in [0.25, 0.3) is 0 Å². The monoisotopic (exact) mass is 443 g/mol. The van der Waals surface area contributed by atoms with E-state index in [-0.39, 0.29) is 5.82 Å². The molecule has 1 fully saturated rings. The molecule has 0 atom stereocenters. The van der Waals surface area contributed by atoms with E-state index in [9.17, 15) is 4.39 Å². The van der Waals surface area contributed by atoms with Crippen LogP contribution >= 0.6 is 0 Å². The predicted molar refractivity (Wildman–Crippen MR) is 124 cm³/mol. The summed E-state index contributed by atoms with van der Waals surface area (Å²) in [7, 11) is -1.21. The summed E-state index contributed by atoms with van der Waals surface area (Å²) in [5.41, 5.74) is 8.07. The van der Waals surface area contributed by atoms with E-state index < -0.39 is 8.07 Å². The second-order valence-electron chi connectivity index (χ2n) is 9.08. The molecule has 3 aromatic rings. The Morgan fingerprint density at radius 1 is 1.16 bits per heavy atom. The second-order valence-corrected chi connectivity index (χ2v) is 14.7. The number of nitrogen functional groups attached to an aromatic ring is 1. The van der Waals surface area contributed by atoms with Crippen molar-refractivity contribution >= 4 is 30.6 Å². The van der Waals surface area contributed by atoms with Crippen LogP contribution in [0, 0.1) is 5.82 Å². The lowest BCUT2D eigenvalue weighted by Gasteiger charge is -2.28. The Bertz CT molecular complexity index is 1060. The largest absolute Gasteiger partial charge is 0.399 e. The summed E-state index contributed by atoms with van der Waals surface area (Å²) in [6, 6.07) is 7.78. The van der Waals surface area contributed by atoms with Crippen molar-refractivity contribution in [3.8, 4) is 11.3 Å². The zero-order chi connectivity index (χ0) is 22.0. The summed E-state index contributed by atoms with van der Waals surface area (Å²) in [6.45, 7) is 10.8. The zero-order valence-corrected chi connectivity index (χ0v) is 19.4. The third-order valence-corrected chi connectivity index (χ3v) is 7.17. The van der Waals surface area contributed by atoms with Gasteiger partial charge in [0, 0.05) is 39.0 Å². The van der Waals surface area contributed by atoms with E-state index in [0.29, 0.717) is 43.5 Å². The number of ether oxygens (including phenoxy) is 2.